The maximum atomic E-state index is 12.8. The number of amides is 1. The summed E-state index contributed by atoms with van der Waals surface area (Å²) in [4.78, 5) is 40.1. The van der Waals surface area contributed by atoms with Crippen LogP contribution in [0.5, 0.6) is 0 Å². The fraction of sp³-hybridized carbons (Fsp3) is 0.318. The predicted molar refractivity (Wildman–Crippen MR) is 116 cm³/mol. The molecule has 1 heterocycles. The lowest BCUT2D eigenvalue weighted by molar-refractivity contribution is -0.384. The molecule has 2 aromatic carbocycles. The number of carbonyl (C=O) groups is 1. The van der Waals surface area contributed by atoms with Crippen LogP contribution in [-0.4, -0.2) is 20.4 Å². The highest BCUT2D eigenvalue weighted by Crippen LogP contribution is 2.32. The largest absolute Gasteiger partial charge is 0.324 e. The fourth-order valence-corrected chi connectivity index (χ4v) is 3.40. The van der Waals surface area contributed by atoms with E-state index in [9.17, 15) is 19.7 Å². The first-order valence-electron chi connectivity index (χ1n) is 9.75. The third-order valence-electron chi connectivity index (χ3n) is 4.97. The van der Waals surface area contributed by atoms with Gasteiger partial charge in [0.15, 0.2) is 0 Å². The Morgan fingerprint density at radius 3 is 2.33 bits per heavy atom. The van der Waals surface area contributed by atoms with Crippen molar-refractivity contribution in [1.82, 2.24) is 9.55 Å². The van der Waals surface area contributed by atoms with Gasteiger partial charge in [0.25, 0.3) is 11.2 Å². The van der Waals surface area contributed by atoms with E-state index < -0.39 is 10.5 Å². The van der Waals surface area contributed by atoms with Gasteiger partial charge in [-0.05, 0) is 29.0 Å². The molecule has 0 saturated heterocycles. The molecule has 1 amide bonds. The second-order valence-corrected chi connectivity index (χ2v) is 7.81. The molecule has 0 aliphatic rings. The van der Waals surface area contributed by atoms with Crippen LogP contribution in [-0.2, 0) is 11.3 Å². The molecule has 1 N–H and O–H groups in total. The number of rotatable bonds is 6. The number of hydrogen-bond acceptors (Lipinski definition) is 5. The van der Waals surface area contributed by atoms with Gasteiger partial charge in [-0.2, -0.15) is 0 Å². The van der Waals surface area contributed by atoms with Gasteiger partial charge in [0.2, 0.25) is 5.91 Å². The van der Waals surface area contributed by atoms with E-state index in [4.69, 9.17) is 0 Å². The molecule has 3 rings (SSSR count). The van der Waals surface area contributed by atoms with Crippen molar-refractivity contribution in [3.8, 4) is 0 Å². The van der Waals surface area contributed by atoms with E-state index >= 15 is 0 Å². The molecule has 0 atom stereocenters. The van der Waals surface area contributed by atoms with Gasteiger partial charge < -0.3 is 5.32 Å². The number of para-hydroxylation sites is 1. The van der Waals surface area contributed by atoms with Gasteiger partial charge in [0.05, 0.1) is 22.2 Å². The summed E-state index contributed by atoms with van der Waals surface area (Å²) < 4.78 is 1.16. The third kappa shape index (κ3) is 4.22. The normalized spacial score (nSPS) is 11.3. The van der Waals surface area contributed by atoms with Crippen LogP contribution in [0.15, 0.2) is 47.5 Å². The lowest BCUT2D eigenvalue weighted by atomic mass is 9.92. The Hall–Kier alpha value is -3.55. The van der Waals surface area contributed by atoms with Crippen LogP contribution >= 0.6 is 0 Å². The maximum absolute atomic E-state index is 12.8. The van der Waals surface area contributed by atoms with Crippen LogP contribution in [0.25, 0.3) is 10.9 Å². The summed E-state index contributed by atoms with van der Waals surface area (Å²) in [6, 6.07) is 9.84. The number of benzene rings is 2. The second kappa shape index (κ2) is 8.44. The number of aromatic nitrogens is 2. The number of anilines is 1. The van der Waals surface area contributed by atoms with E-state index in [-0.39, 0.29) is 35.4 Å². The molecule has 0 radical (unpaired) electrons. The molecule has 3 aromatic rings. The number of nitro benzene ring substituents is 1. The molecule has 0 spiro atoms. The molecule has 1 aromatic heterocycles. The molecule has 8 heteroatoms. The van der Waals surface area contributed by atoms with E-state index in [2.05, 4.69) is 38.0 Å². The van der Waals surface area contributed by atoms with Crippen molar-refractivity contribution in [3.05, 3.63) is 74.3 Å². The van der Waals surface area contributed by atoms with Crippen LogP contribution in [0.4, 0.5) is 11.4 Å². The highest BCUT2D eigenvalue weighted by molar-refractivity contribution is 5.92. The zero-order chi connectivity index (χ0) is 22.0. The average Bonchev–Trinajstić information content (AvgIpc) is 2.69. The molecule has 0 saturated carbocycles. The van der Waals surface area contributed by atoms with E-state index in [1.165, 1.54) is 24.5 Å². The van der Waals surface area contributed by atoms with E-state index in [0.29, 0.717) is 5.52 Å². The second-order valence-electron chi connectivity index (χ2n) is 7.81. The minimum Gasteiger partial charge on any atom is -0.324 e. The number of nitrogens with one attached hydrogen (secondary N) is 1. The monoisotopic (exact) mass is 408 g/mol. The van der Waals surface area contributed by atoms with Crippen LogP contribution in [0.3, 0.4) is 0 Å². The summed E-state index contributed by atoms with van der Waals surface area (Å²) in [7, 11) is 0. The van der Waals surface area contributed by atoms with Crippen LogP contribution < -0.4 is 10.9 Å². The van der Waals surface area contributed by atoms with Gasteiger partial charge in [-0.3, -0.25) is 24.3 Å². The zero-order valence-electron chi connectivity index (χ0n) is 17.4. The molecule has 0 unspecified atom stereocenters. The molecule has 156 valence electrons. The first-order valence-corrected chi connectivity index (χ1v) is 9.75. The maximum Gasteiger partial charge on any atom is 0.270 e. The molecule has 0 fully saturated rings. The van der Waals surface area contributed by atoms with Gasteiger partial charge in [0, 0.05) is 17.8 Å². The first kappa shape index (κ1) is 21.2. The van der Waals surface area contributed by atoms with Crippen molar-refractivity contribution in [3.63, 3.8) is 0 Å². The number of fused-ring (bicyclic) bond motifs is 1. The quantitative estimate of drug-likeness (QED) is 0.486. The van der Waals surface area contributed by atoms with Crippen molar-refractivity contribution >= 4 is 28.2 Å². The summed E-state index contributed by atoms with van der Waals surface area (Å²) >= 11 is 0. The fourth-order valence-electron chi connectivity index (χ4n) is 3.40. The van der Waals surface area contributed by atoms with Gasteiger partial charge in [-0.1, -0.05) is 45.9 Å². The lowest BCUT2D eigenvalue weighted by Gasteiger charge is -2.20. The first-order chi connectivity index (χ1) is 14.2. The van der Waals surface area contributed by atoms with Gasteiger partial charge >= 0.3 is 0 Å². The molecule has 8 nitrogen and oxygen atoms in total. The van der Waals surface area contributed by atoms with Crippen molar-refractivity contribution in [1.29, 1.82) is 0 Å². The van der Waals surface area contributed by atoms with Crippen molar-refractivity contribution in [2.75, 3.05) is 5.32 Å². The molecule has 0 aliphatic heterocycles. The van der Waals surface area contributed by atoms with E-state index in [1.54, 1.807) is 0 Å². The van der Waals surface area contributed by atoms with Gasteiger partial charge in [-0.15, -0.1) is 0 Å². The minimum atomic E-state index is -0.570. The summed E-state index contributed by atoms with van der Waals surface area (Å²) in [6.07, 6.45) is 1.29. The topological polar surface area (TPSA) is 107 Å². The number of hydrogen-bond donors (Lipinski definition) is 1. The highest BCUT2D eigenvalue weighted by Gasteiger charge is 2.17. The summed E-state index contributed by atoms with van der Waals surface area (Å²) in [5.74, 6) is 0.0629. The Kier molecular flexibility index (Phi) is 5.96. The smallest absolute Gasteiger partial charge is 0.270 e. The van der Waals surface area contributed by atoms with Crippen LogP contribution in [0, 0.1) is 10.1 Å². The molecule has 0 bridgehead atoms. The Balaban J connectivity index is 1.94. The molecule has 30 heavy (non-hydrogen) atoms. The number of carbonyl (C=O) groups excluding carboxylic acids is 1. The average molecular weight is 408 g/mol. The number of nitro groups is 1. The van der Waals surface area contributed by atoms with E-state index in [1.807, 2.05) is 18.2 Å². The summed E-state index contributed by atoms with van der Waals surface area (Å²) in [6.45, 7) is 7.98. The highest BCUT2D eigenvalue weighted by atomic mass is 16.6. The molecule has 0 aliphatic carbocycles. The van der Waals surface area contributed by atoms with Crippen LogP contribution in [0.2, 0.25) is 0 Å². The molecular weight excluding hydrogens is 384 g/mol. The predicted octanol–water partition coefficient (Wildman–Crippen LogP) is 4.19. The Morgan fingerprint density at radius 1 is 1.13 bits per heavy atom. The standard InChI is InChI=1S/C22H24N4O4/c1-13(2)16-6-5-7-17(14(3)4)21(16)24-20(27)11-25-12-23-19-9-8-15(26(29)30)10-18(19)22(25)28/h5-10,12-14H,11H2,1-4H3,(H,24,27). The molecular formula is C22H24N4O4. The Morgan fingerprint density at radius 2 is 1.77 bits per heavy atom. The van der Waals surface area contributed by atoms with Crippen LogP contribution in [0.1, 0.15) is 50.7 Å². The summed E-state index contributed by atoms with van der Waals surface area (Å²) in [5.41, 5.74) is 2.46. The lowest BCUT2D eigenvalue weighted by Crippen LogP contribution is -2.28. The van der Waals surface area contributed by atoms with Gasteiger partial charge in [0.1, 0.15) is 6.54 Å². The third-order valence-corrected chi connectivity index (χ3v) is 4.97. The van der Waals surface area contributed by atoms with Crippen molar-refractivity contribution in [2.45, 2.75) is 46.1 Å². The zero-order valence-corrected chi connectivity index (χ0v) is 17.4. The summed E-state index contributed by atoms with van der Waals surface area (Å²) in [5, 5.41) is 14.1. The van der Waals surface area contributed by atoms with Crippen molar-refractivity contribution in [2.24, 2.45) is 0 Å². The van der Waals surface area contributed by atoms with E-state index in [0.717, 1.165) is 21.4 Å². The number of non-ortho nitro benzene ring substituents is 1. The van der Waals surface area contributed by atoms with Crippen molar-refractivity contribution < 1.29 is 9.72 Å². The Labute approximate surface area is 173 Å². The Bertz CT molecular complexity index is 1160. The van der Waals surface area contributed by atoms with Gasteiger partial charge in [-0.25, -0.2) is 4.98 Å². The SMILES string of the molecule is CC(C)c1cccc(C(C)C)c1NC(=O)Cn1cnc2ccc([N+](=O)[O-])cc2c1=O. The number of nitrogens with zero attached hydrogens (tertiary/aromatic N) is 3. The minimum absolute atomic E-state index is 0.102.